The minimum atomic E-state index is 0.165. The van der Waals surface area contributed by atoms with Crippen LogP contribution in [0.25, 0.3) is 0 Å². The van der Waals surface area contributed by atoms with Crippen LogP contribution in [0.3, 0.4) is 0 Å². The fourth-order valence-electron chi connectivity index (χ4n) is 4.16. The van der Waals surface area contributed by atoms with Crippen LogP contribution in [-0.4, -0.2) is 48.5 Å². The maximum Gasteiger partial charge on any atom is 0.227 e. The van der Waals surface area contributed by atoms with E-state index < -0.39 is 0 Å². The largest absolute Gasteiger partial charge is 0.355 e. The van der Waals surface area contributed by atoms with E-state index in [1.807, 2.05) is 12.3 Å². The summed E-state index contributed by atoms with van der Waals surface area (Å²) in [5.41, 5.74) is 0.820. The predicted octanol–water partition coefficient (Wildman–Crippen LogP) is 3.77. The summed E-state index contributed by atoms with van der Waals surface area (Å²) in [6.45, 7) is 10.1. The molecule has 2 heterocycles. The number of amides is 1. The molecular weight excluding hydrogens is 324 g/mol. The number of anilines is 2. The van der Waals surface area contributed by atoms with Gasteiger partial charge in [0.25, 0.3) is 0 Å². The smallest absolute Gasteiger partial charge is 0.227 e. The van der Waals surface area contributed by atoms with Gasteiger partial charge in [-0.15, -0.1) is 0 Å². The maximum atomic E-state index is 12.4. The molecule has 3 rings (SSSR count). The van der Waals surface area contributed by atoms with Crippen LogP contribution < -0.4 is 10.2 Å². The van der Waals surface area contributed by atoms with Crippen LogP contribution >= 0.6 is 0 Å². The second-order valence-electron chi connectivity index (χ2n) is 8.26. The Kier molecular flexibility index (Phi) is 6.89. The topological polar surface area (TPSA) is 48.5 Å². The monoisotopic (exact) mass is 358 g/mol. The van der Waals surface area contributed by atoms with Crippen LogP contribution in [-0.2, 0) is 4.79 Å². The number of pyridine rings is 1. The summed E-state index contributed by atoms with van der Waals surface area (Å²) in [6.07, 6.45) is 8.66. The molecule has 0 bridgehead atoms. The first kappa shape index (κ1) is 19.2. The van der Waals surface area contributed by atoms with Gasteiger partial charge in [-0.3, -0.25) is 4.79 Å². The number of carbonyl (C=O) groups is 1. The number of nitrogens with zero attached hydrogens (tertiary/aromatic N) is 3. The van der Waals surface area contributed by atoms with Gasteiger partial charge in [-0.05, 0) is 43.9 Å². The molecule has 1 aromatic heterocycles. The van der Waals surface area contributed by atoms with Gasteiger partial charge in [0.05, 0.1) is 11.9 Å². The fourth-order valence-corrected chi connectivity index (χ4v) is 4.16. The molecule has 1 aliphatic carbocycles. The van der Waals surface area contributed by atoms with E-state index in [1.165, 1.54) is 38.8 Å². The highest BCUT2D eigenvalue weighted by molar-refractivity contribution is 5.92. The van der Waals surface area contributed by atoms with Crippen LogP contribution in [0.1, 0.15) is 52.4 Å². The number of hydrogen-bond acceptors (Lipinski definition) is 4. The van der Waals surface area contributed by atoms with Gasteiger partial charge in [-0.25, -0.2) is 4.98 Å². The summed E-state index contributed by atoms with van der Waals surface area (Å²) in [7, 11) is 0. The first-order valence-corrected chi connectivity index (χ1v) is 10.4. The maximum absolute atomic E-state index is 12.4. The Balaban J connectivity index is 1.53. The fraction of sp³-hybridized carbons (Fsp3) is 0.714. The highest BCUT2D eigenvalue weighted by atomic mass is 16.1. The summed E-state index contributed by atoms with van der Waals surface area (Å²) in [4.78, 5) is 21.9. The van der Waals surface area contributed by atoms with E-state index in [9.17, 15) is 4.79 Å². The molecular formula is C21H34N4O. The lowest BCUT2D eigenvalue weighted by atomic mass is 9.88. The lowest BCUT2D eigenvalue weighted by Gasteiger charge is -2.24. The lowest BCUT2D eigenvalue weighted by Crippen LogP contribution is -2.33. The number of nitrogens with one attached hydrogen (secondary N) is 1. The summed E-state index contributed by atoms with van der Waals surface area (Å²) < 4.78 is 0. The van der Waals surface area contributed by atoms with E-state index in [4.69, 9.17) is 0 Å². The van der Waals surface area contributed by atoms with Crippen LogP contribution in [0.5, 0.6) is 0 Å². The Morgan fingerprint density at radius 2 is 1.92 bits per heavy atom. The summed E-state index contributed by atoms with van der Waals surface area (Å²) in [5.74, 6) is 2.08. The van der Waals surface area contributed by atoms with Crippen LogP contribution in [0, 0.1) is 11.8 Å². The predicted molar refractivity (Wildman–Crippen MR) is 108 cm³/mol. The molecule has 1 aromatic rings. The minimum Gasteiger partial charge on any atom is -0.355 e. The average Bonchev–Trinajstić information content (AvgIpc) is 2.88. The van der Waals surface area contributed by atoms with Crippen molar-refractivity contribution < 1.29 is 4.79 Å². The van der Waals surface area contributed by atoms with Gasteiger partial charge in [0.1, 0.15) is 5.82 Å². The van der Waals surface area contributed by atoms with Crippen molar-refractivity contribution in [3.05, 3.63) is 18.3 Å². The average molecular weight is 359 g/mol. The first-order chi connectivity index (χ1) is 12.6. The summed E-state index contributed by atoms with van der Waals surface area (Å²) >= 11 is 0. The highest BCUT2D eigenvalue weighted by Gasteiger charge is 2.21. The van der Waals surface area contributed by atoms with Crippen molar-refractivity contribution in [2.75, 3.05) is 42.9 Å². The zero-order valence-corrected chi connectivity index (χ0v) is 16.4. The van der Waals surface area contributed by atoms with Gasteiger partial charge in [-0.1, -0.05) is 33.1 Å². The quantitative estimate of drug-likeness (QED) is 0.870. The van der Waals surface area contributed by atoms with Gasteiger partial charge >= 0.3 is 0 Å². The van der Waals surface area contributed by atoms with E-state index in [0.717, 1.165) is 44.0 Å². The van der Waals surface area contributed by atoms with Gasteiger partial charge in [0.15, 0.2) is 0 Å². The Morgan fingerprint density at radius 1 is 1.12 bits per heavy atom. The van der Waals surface area contributed by atoms with Crippen LogP contribution in [0.4, 0.5) is 11.5 Å². The minimum absolute atomic E-state index is 0.165. The number of aromatic nitrogens is 1. The standard InChI is InChI=1S/C21H34N4O/c1-17(2)16-24-11-6-12-25(14-13-24)20-10-9-19(15-22-20)23-21(26)18-7-4-3-5-8-18/h9-10,15,17-18H,3-8,11-14,16H2,1-2H3,(H,23,26). The Morgan fingerprint density at radius 3 is 2.62 bits per heavy atom. The van der Waals surface area contributed by atoms with Gasteiger partial charge in [0.2, 0.25) is 5.91 Å². The van der Waals surface area contributed by atoms with Crippen molar-refractivity contribution in [3.8, 4) is 0 Å². The van der Waals surface area contributed by atoms with E-state index in [0.29, 0.717) is 5.92 Å². The van der Waals surface area contributed by atoms with Gasteiger partial charge in [0, 0.05) is 32.1 Å². The number of carbonyl (C=O) groups excluding carboxylic acids is 1. The summed E-state index contributed by atoms with van der Waals surface area (Å²) in [6, 6.07) is 4.05. The third-order valence-corrected chi connectivity index (χ3v) is 5.53. The molecule has 0 atom stereocenters. The number of hydrogen-bond donors (Lipinski definition) is 1. The second-order valence-corrected chi connectivity index (χ2v) is 8.26. The molecule has 1 aliphatic heterocycles. The van der Waals surface area contributed by atoms with Crippen molar-refractivity contribution in [2.24, 2.45) is 11.8 Å². The van der Waals surface area contributed by atoms with Crippen molar-refractivity contribution in [1.82, 2.24) is 9.88 Å². The van der Waals surface area contributed by atoms with Crippen LogP contribution in [0.15, 0.2) is 18.3 Å². The zero-order valence-electron chi connectivity index (χ0n) is 16.4. The Hall–Kier alpha value is -1.62. The molecule has 0 spiro atoms. The summed E-state index contributed by atoms with van der Waals surface area (Å²) in [5, 5.41) is 3.05. The zero-order chi connectivity index (χ0) is 18.4. The molecule has 5 nitrogen and oxygen atoms in total. The third-order valence-electron chi connectivity index (χ3n) is 5.53. The molecule has 5 heteroatoms. The normalized spacial score (nSPS) is 20.2. The molecule has 0 aromatic carbocycles. The second kappa shape index (κ2) is 9.36. The molecule has 1 amide bonds. The van der Waals surface area contributed by atoms with E-state index in [1.54, 1.807) is 0 Å². The van der Waals surface area contributed by atoms with Gasteiger partial charge in [-0.2, -0.15) is 0 Å². The van der Waals surface area contributed by atoms with E-state index in [-0.39, 0.29) is 11.8 Å². The molecule has 1 N–H and O–H groups in total. The van der Waals surface area contributed by atoms with Crippen molar-refractivity contribution in [3.63, 3.8) is 0 Å². The molecule has 1 saturated carbocycles. The Labute approximate surface area is 158 Å². The highest BCUT2D eigenvalue weighted by Crippen LogP contribution is 2.25. The molecule has 0 unspecified atom stereocenters. The van der Waals surface area contributed by atoms with Crippen molar-refractivity contribution >= 4 is 17.4 Å². The molecule has 0 radical (unpaired) electrons. The van der Waals surface area contributed by atoms with E-state index >= 15 is 0 Å². The Bertz CT molecular complexity index is 566. The van der Waals surface area contributed by atoms with Crippen LogP contribution in [0.2, 0.25) is 0 Å². The molecule has 2 aliphatic rings. The number of rotatable bonds is 5. The van der Waals surface area contributed by atoms with Gasteiger partial charge < -0.3 is 15.1 Å². The lowest BCUT2D eigenvalue weighted by molar-refractivity contribution is -0.120. The SMILES string of the molecule is CC(C)CN1CCCN(c2ccc(NC(=O)C3CCCCC3)cn2)CC1. The first-order valence-electron chi connectivity index (χ1n) is 10.4. The molecule has 2 fully saturated rings. The van der Waals surface area contributed by atoms with E-state index in [2.05, 4.69) is 40.0 Å². The molecule has 26 heavy (non-hydrogen) atoms. The third kappa shape index (κ3) is 5.44. The van der Waals surface area contributed by atoms with Crippen molar-refractivity contribution in [2.45, 2.75) is 52.4 Å². The molecule has 144 valence electrons. The van der Waals surface area contributed by atoms with Crippen molar-refractivity contribution in [1.29, 1.82) is 0 Å². The molecule has 1 saturated heterocycles.